The van der Waals surface area contributed by atoms with Crippen molar-refractivity contribution in [1.82, 2.24) is 19.9 Å². The monoisotopic (exact) mass is 376 g/mol. The number of likely N-dealkylation sites (tertiary alicyclic amines) is 1. The van der Waals surface area contributed by atoms with Crippen molar-refractivity contribution in [1.29, 1.82) is 0 Å². The third kappa shape index (κ3) is 4.69. The van der Waals surface area contributed by atoms with Crippen LogP contribution in [-0.2, 0) is 16.1 Å². The Morgan fingerprint density at radius 2 is 1.85 bits per heavy atom. The van der Waals surface area contributed by atoms with Crippen LogP contribution >= 0.6 is 0 Å². The van der Waals surface area contributed by atoms with Gasteiger partial charge in [0.2, 0.25) is 11.8 Å². The van der Waals surface area contributed by atoms with Crippen LogP contribution in [0.3, 0.4) is 0 Å². The lowest BCUT2D eigenvalue weighted by Gasteiger charge is -2.39. The highest BCUT2D eigenvalue weighted by atomic mass is 16.5. The van der Waals surface area contributed by atoms with Crippen LogP contribution in [0.25, 0.3) is 0 Å². The normalized spacial score (nSPS) is 21.5. The summed E-state index contributed by atoms with van der Waals surface area (Å²) in [5.74, 6) is 1.26. The lowest BCUT2D eigenvalue weighted by Crippen LogP contribution is -2.52. The van der Waals surface area contributed by atoms with Gasteiger partial charge in [0.05, 0.1) is 11.6 Å². The van der Waals surface area contributed by atoms with Crippen molar-refractivity contribution in [3.63, 3.8) is 0 Å². The maximum Gasteiger partial charge on any atom is 0.227 e. The number of aromatic nitrogens is 1. The maximum absolute atomic E-state index is 13.0. The molecule has 2 fully saturated rings. The molecule has 3 heterocycles. The van der Waals surface area contributed by atoms with Gasteiger partial charge in [-0.1, -0.05) is 12.1 Å². The second kappa shape index (κ2) is 8.87. The number of piperidine rings is 1. The molecule has 0 aromatic carbocycles. The maximum atomic E-state index is 13.0. The molecular formula is C20H32N4O3. The van der Waals surface area contributed by atoms with Gasteiger partial charge in [-0.25, -0.2) is 0 Å². The summed E-state index contributed by atoms with van der Waals surface area (Å²) in [5.41, 5.74) is 2.11. The van der Waals surface area contributed by atoms with E-state index in [1.165, 1.54) is 0 Å². The van der Waals surface area contributed by atoms with Gasteiger partial charge < -0.3 is 14.3 Å². The third-order valence-corrected chi connectivity index (χ3v) is 5.83. The largest absolute Gasteiger partial charge is 0.361 e. The number of amides is 2. The van der Waals surface area contributed by atoms with Gasteiger partial charge in [0.25, 0.3) is 0 Å². The molecule has 3 rings (SSSR count). The van der Waals surface area contributed by atoms with Crippen molar-refractivity contribution in [2.24, 2.45) is 5.92 Å². The molecule has 0 saturated carbocycles. The van der Waals surface area contributed by atoms with Crippen LogP contribution in [0.2, 0.25) is 0 Å². The van der Waals surface area contributed by atoms with Crippen LogP contribution in [0.5, 0.6) is 0 Å². The predicted octanol–water partition coefficient (Wildman–Crippen LogP) is 1.97. The standard InChI is InChI=1S/C20H32N4O3/c1-4-6-19(25)24-8-5-7-17(13-24)20(26)23-11-9-22(10-12-23)14-18-15(2)21-27-16(18)3/h17H,4-14H2,1-3H3. The second-order valence-corrected chi connectivity index (χ2v) is 7.83. The molecule has 0 radical (unpaired) electrons. The summed E-state index contributed by atoms with van der Waals surface area (Å²) in [6, 6.07) is 0. The number of carbonyl (C=O) groups excluding carboxylic acids is 2. The molecule has 0 spiro atoms. The average Bonchev–Trinajstić information content (AvgIpc) is 3.00. The van der Waals surface area contributed by atoms with Crippen LogP contribution in [0, 0.1) is 19.8 Å². The predicted molar refractivity (Wildman–Crippen MR) is 102 cm³/mol. The minimum Gasteiger partial charge on any atom is -0.361 e. The number of piperazine rings is 1. The Labute approximate surface area is 161 Å². The molecule has 2 amide bonds. The van der Waals surface area contributed by atoms with Crippen molar-refractivity contribution in [2.75, 3.05) is 39.3 Å². The molecule has 0 aliphatic carbocycles. The van der Waals surface area contributed by atoms with Crippen LogP contribution in [-0.4, -0.2) is 70.9 Å². The quantitative estimate of drug-likeness (QED) is 0.786. The van der Waals surface area contributed by atoms with Crippen LogP contribution in [0.1, 0.15) is 49.6 Å². The van der Waals surface area contributed by atoms with E-state index in [2.05, 4.69) is 10.1 Å². The van der Waals surface area contributed by atoms with E-state index < -0.39 is 0 Å². The van der Waals surface area contributed by atoms with Crippen LogP contribution in [0.15, 0.2) is 4.52 Å². The van der Waals surface area contributed by atoms with Gasteiger partial charge in [0.15, 0.2) is 0 Å². The van der Waals surface area contributed by atoms with Crippen LogP contribution in [0.4, 0.5) is 0 Å². The molecule has 2 saturated heterocycles. The van der Waals surface area contributed by atoms with Gasteiger partial charge in [0, 0.05) is 57.8 Å². The topological polar surface area (TPSA) is 69.9 Å². The van der Waals surface area contributed by atoms with Crippen molar-refractivity contribution < 1.29 is 14.1 Å². The average molecular weight is 377 g/mol. The lowest BCUT2D eigenvalue weighted by molar-refractivity contribution is -0.142. The number of hydrogen-bond donors (Lipinski definition) is 0. The Kier molecular flexibility index (Phi) is 6.52. The Bertz CT molecular complexity index is 645. The third-order valence-electron chi connectivity index (χ3n) is 5.83. The summed E-state index contributed by atoms with van der Waals surface area (Å²) in [6.07, 6.45) is 3.27. The number of rotatable bonds is 5. The van der Waals surface area contributed by atoms with Gasteiger partial charge in [0.1, 0.15) is 5.76 Å². The molecule has 1 unspecified atom stereocenters. The van der Waals surface area contributed by atoms with Gasteiger partial charge >= 0.3 is 0 Å². The molecule has 27 heavy (non-hydrogen) atoms. The Hall–Kier alpha value is -1.89. The first-order chi connectivity index (χ1) is 13.0. The van der Waals surface area contributed by atoms with E-state index in [-0.39, 0.29) is 17.7 Å². The number of carbonyl (C=O) groups is 2. The fraction of sp³-hybridized carbons (Fsp3) is 0.750. The lowest BCUT2D eigenvalue weighted by atomic mass is 9.95. The minimum atomic E-state index is -0.0336. The fourth-order valence-electron chi connectivity index (χ4n) is 4.11. The van der Waals surface area contributed by atoms with E-state index in [1.54, 1.807) is 0 Å². The van der Waals surface area contributed by atoms with Crippen LogP contribution < -0.4 is 0 Å². The zero-order valence-electron chi connectivity index (χ0n) is 16.9. The molecule has 1 atom stereocenters. The highest BCUT2D eigenvalue weighted by molar-refractivity contribution is 5.81. The first kappa shape index (κ1) is 19.9. The molecule has 1 aromatic rings. The summed E-state index contributed by atoms with van der Waals surface area (Å²) in [5, 5.41) is 4.02. The first-order valence-corrected chi connectivity index (χ1v) is 10.2. The Morgan fingerprint density at radius 3 is 2.48 bits per heavy atom. The SMILES string of the molecule is CCCC(=O)N1CCCC(C(=O)N2CCN(Cc3c(C)noc3C)CC2)C1. The van der Waals surface area contributed by atoms with Crippen molar-refractivity contribution >= 4 is 11.8 Å². The Morgan fingerprint density at radius 1 is 1.11 bits per heavy atom. The van der Waals surface area contributed by atoms with Crippen molar-refractivity contribution in [3.05, 3.63) is 17.0 Å². The minimum absolute atomic E-state index is 0.0336. The molecule has 2 aliphatic heterocycles. The molecule has 0 N–H and O–H groups in total. The smallest absolute Gasteiger partial charge is 0.227 e. The molecule has 1 aromatic heterocycles. The highest BCUT2D eigenvalue weighted by Gasteiger charge is 2.32. The summed E-state index contributed by atoms with van der Waals surface area (Å²) < 4.78 is 5.25. The summed E-state index contributed by atoms with van der Waals surface area (Å²) in [7, 11) is 0. The van der Waals surface area contributed by atoms with Gasteiger partial charge in [-0.15, -0.1) is 0 Å². The van der Waals surface area contributed by atoms with E-state index in [9.17, 15) is 9.59 Å². The van der Waals surface area contributed by atoms with E-state index in [0.29, 0.717) is 13.0 Å². The molecule has 150 valence electrons. The van der Waals surface area contributed by atoms with Gasteiger partial charge in [-0.05, 0) is 33.1 Å². The molecule has 7 heteroatoms. The van der Waals surface area contributed by atoms with E-state index >= 15 is 0 Å². The number of aryl methyl sites for hydroxylation is 2. The number of hydrogen-bond acceptors (Lipinski definition) is 5. The summed E-state index contributed by atoms with van der Waals surface area (Å²) in [6.45, 7) is 11.4. The van der Waals surface area contributed by atoms with Gasteiger partial charge in [-0.3, -0.25) is 14.5 Å². The first-order valence-electron chi connectivity index (χ1n) is 10.2. The van der Waals surface area contributed by atoms with E-state index in [4.69, 9.17) is 4.52 Å². The molecule has 0 bridgehead atoms. The van der Waals surface area contributed by atoms with E-state index in [0.717, 1.165) is 75.5 Å². The second-order valence-electron chi connectivity index (χ2n) is 7.83. The molecular weight excluding hydrogens is 344 g/mol. The van der Waals surface area contributed by atoms with Gasteiger partial charge in [-0.2, -0.15) is 0 Å². The number of nitrogens with zero attached hydrogens (tertiary/aromatic N) is 4. The zero-order chi connectivity index (χ0) is 19.4. The zero-order valence-corrected chi connectivity index (χ0v) is 16.9. The van der Waals surface area contributed by atoms with Crippen molar-refractivity contribution in [3.8, 4) is 0 Å². The molecule has 7 nitrogen and oxygen atoms in total. The van der Waals surface area contributed by atoms with Crippen molar-refractivity contribution in [2.45, 2.75) is 53.0 Å². The summed E-state index contributed by atoms with van der Waals surface area (Å²) in [4.78, 5) is 31.4. The highest BCUT2D eigenvalue weighted by Crippen LogP contribution is 2.22. The summed E-state index contributed by atoms with van der Waals surface area (Å²) >= 11 is 0. The fourth-order valence-corrected chi connectivity index (χ4v) is 4.11. The Balaban J connectivity index is 1.50. The van der Waals surface area contributed by atoms with E-state index in [1.807, 2.05) is 30.6 Å². The molecule has 2 aliphatic rings.